The van der Waals surface area contributed by atoms with Crippen LogP contribution in [-0.2, 0) is 11.2 Å². The van der Waals surface area contributed by atoms with Crippen LogP contribution in [0, 0.1) is 0 Å². The van der Waals surface area contributed by atoms with Crippen molar-refractivity contribution in [2.75, 3.05) is 13.1 Å². The van der Waals surface area contributed by atoms with E-state index in [4.69, 9.17) is 5.53 Å². The maximum absolute atomic E-state index is 11.6. The average molecular weight is 262 g/mol. The Labute approximate surface area is 112 Å². The Kier molecular flexibility index (Phi) is 5.85. The minimum Gasteiger partial charge on any atom is -0.480 e. The summed E-state index contributed by atoms with van der Waals surface area (Å²) in [4.78, 5) is 14.2. The fourth-order valence-corrected chi connectivity index (χ4v) is 1.95. The van der Waals surface area contributed by atoms with Crippen molar-refractivity contribution in [1.29, 1.82) is 0 Å². The highest BCUT2D eigenvalue weighted by Crippen LogP contribution is 2.18. The highest BCUT2D eigenvalue weighted by molar-refractivity contribution is 5.79. The molecule has 6 nitrogen and oxygen atoms in total. The van der Waals surface area contributed by atoms with Gasteiger partial charge in [-0.2, -0.15) is 0 Å². The number of benzene rings is 1. The standard InChI is InChI=1S/C13H18N4O2/c1-2-13(12(18)19,15-8-9-16-17-14)10-11-6-4-3-5-7-11/h3-7,15H,2,8-10H2,1H3,(H,18,19). The Morgan fingerprint density at radius 2 is 2.16 bits per heavy atom. The summed E-state index contributed by atoms with van der Waals surface area (Å²) < 4.78 is 0. The van der Waals surface area contributed by atoms with Gasteiger partial charge in [0.25, 0.3) is 0 Å². The molecule has 0 saturated heterocycles. The molecule has 0 aliphatic heterocycles. The predicted octanol–water partition coefficient (Wildman–Crippen LogP) is 2.36. The number of rotatable bonds is 8. The van der Waals surface area contributed by atoms with Gasteiger partial charge in [-0.1, -0.05) is 42.4 Å². The molecule has 0 bridgehead atoms. The van der Waals surface area contributed by atoms with E-state index in [1.54, 1.807) is 0 Å². The van der Waals surface area contributed by atoms with E-state index in [0.29, 0.717) is 19.4 Å². The van der Waals surface area contributed by atoms with E-state index in [1.165, 1.54) is 0 Å². The average Bonchev–Trinajstić information content (AvgIpc) is 2.43. The van der Waals surface area contributed by atoms with Crippen LogP contribution in [0.15, 0.2) is 35.4 Å². The van der Waals surface area contributed by atoms with Gasteiger partial charge >= 0.3 is 5.97 Å². The molecule has 1 rings (SSSR count). The minimum atomic E-state index is -1.02. The van der Waals surface area contributed by atoms with Gasteiger partial charge < -0.3 is 10.4 Å². The van der Waals surface area contributed by atoms with E-state index in [9.17, 15) is 9.90 Å². The lowest BCUT2D eigenvalue weighted by Gasteiger charge is -2.29. The first-order chi connectivity index (χ1) is 9.14. The Morgan fingerprint density at radius 3 is 2.68 bits per heavy atom. The van der Waals surface area contributed by atoms with Crippen molar-refractivity contribution in [3.8, 4) is 0 Å². The first kappa shape index (κ1) is 15.0. The van der Waals surface area contributed by atoms with E-state index in [0.717, 1.165) is 5.56 Å². The lowest BCUT2D eigenvalue weighted by atomic mass is 9.88. The van der Waals surface area contributed by atoms with E-state index in [2.05, 4.69) is 15.3 Å². The van der Waals surface area contributed by atoms with Crippen LogP contribution in [0.2, 0.25) is 0 Å². The minimum absolute atomic E-state index is 0.236. The molecule has 0 spiro atoms. The van der Waals surface area contributed by atoms with Gasteiger partial charge in [0.05, 0.1) is 0 Å². The second kappa shape index (κ2) is 7.41. The molecule has 0 heterocycles. The molecule has 102 valence electrons. The Bertz CT molecular complexity index is 457. The van der Waals surface area contributed by atoms with Crippen LogP contribution in [0.4, 0.5) is 0 Å². The first-order valence-corrected chi connectivity index (χ1v) is 6.18. The normalized spacial score (nSPS) is 13.3. The lowest BCUT2D eigenvalue weighted by molar-refractivity contribution is -0.145. The molecule has 1 atom stereocenters. The molecule has 0 aromatic heterocycles. The monoisotopic (exact) mass is 262 g/mol. The molecule has 0 saturated carbocycles. The van der Waals surface area contributed by atoms with Gasteiger partial charge in [-0.15, -0.1) is 0 Å². The largest absolute Gasteiger partial charge is 0.480 e. The Balaban J connectivity index is 2.80. The third-order valence-electron chi connectivity index (χ3n) is 3.10. The maximum Gasteiger partial charge on any atom is 0.324 e. The number of carboxylic acid groups (broad SMARTS) is 1. The summed E-state index contributed by atoms with van der Waals surface area (Å²) in [6.45, 7) is 2.41. The first-order valence-electron chi connectivity index (χ1n) is 6.18. The topological polar surface area (TPSA) is 98.1 Å². The van der Waals surface area contributed by atoms with Crippen molar-refractivity contribution >= 4 is 5.97 Å². The quantitative estimate of drug-likeness (QED) is 0.325. The summed E-state index contributed by atoms with van der Waals surface area (Å²) in [6, 6.07) is 9.48. The van der Waals surface area contributed by atoms with Crippen molar-refractivity contribution in [3.05, 3.63) is 46.3 Å². The summed E-state index contributed by atoms with van der Waals surface area (Å²) in [5.41, 5.74) is 8.15. The van der Waals surface area contributed by atoms with Gasteiger partial charge in [0.2, 0.25) is 0 Å². The Morgan fingerprint density at radius 1 is 1.47 bits per heavy atom. The van der Waals surface area contributed by atoms with Crippen LogP contribution < -0.4 is 5.32 Å². The molecule has 6 heteroatoms. The van der Waals surface area contributed by atoms with Gasteiger partial charge in [-0.05, 0) is 17.5 Å². The van der Waals surface area contributed by atoms with Gasteiger partial charge in [0.1, 0.15) is 5.54 Å². The molecule has 0 fully saturated rings. The molecule has 0 radical (unpaired) electrons. The van der Waals surface area contributed by atoms with Crippen LogP contribution in [0.1, 0.15) is 18.9 Å². The van der Waals surface area contributed by atoms with Crippen molar-refractivity contribution in [1.82, 2.24) is 5.32 Å². The van der Waals surface area contributed by atoms with E-state index in [1.807, 2.05) is 37.3 Å². The molecular weight excluding hydrogens is 244 g/mol. The van der Waals surface area contributed by atoms with Crippen LogP contribution in [0.3, 0.4) is 0 Å². The number of azide groups is 1. The van der Waals surface area contributed by atoms with E-state index in [-0.39, 0.29) is 6.54 Å². The van der Waals surface area contributed by atoms with E-state index >= 15 is 0 Å². The zero-order chi connectivity index (χ0) is 14.1. The molecule has 0 aliphatic rings. The molecular formula is C13H18N4O2. The van der Waals surface area contributed by atoms with Gasteiger partial charge in [-0.25, -0.2) is 0 Å². The SMILES string of the molecule is CCC(Cc1ccccc1)(NCCN=[N+]=[N-])C(=O)O. The Hall–Kier alpha value is -2.04. The third-order valence-corrected chi connectivity index (χ3v) is 3.10. The lowest BCUT2D eigenvalue weighted by Crippen LogP contribution is -2.54. The predicted molar refractivity (Wildman–Crippen MR) is 72.8 cm³/mol. The number of aliphatic carboxylic acids is 1. The zero-order valence-corrected chi connectivity index (χ0v) is 10.9. The number of hydrogen-bond donors (Lipinski definition) is 2. The molecule has 2 N–H and O–H groups in total. The molecule has 1 aromatic carbocycles. The number of hydrogen-bond acceptors (Lipinski definition) is 3. The van der Waals surface area contributed by atoms with Gasteiger partial charge in [-0.3, -0.25) is 4.79 Å². The number of nitrogens with one attached hydrogen (secondary N) is 1. The fraction of sp³-hybridized carbons (Fsp3) is 0.462. The van der Waals surface area contributed by atoms with Gasteiger partial charge in [0, 0.05) is 24.4 Å². The summed E-state index contributed by atoms with van der Waals surface area (Å²) in [5.74, 6) is -0.889. The second-order valence-corrected chi connectivity index (χ2v) is 4.28. The van der Waals surface area contributed by atoms with Crippen molar-refractivity contribution in [3.63, 3.8) is 0 Å². The zero-order valence-electron chi connectivity index (χ0n) is 10.9. The fourth-order valence-electron chi connectivity index (χ4n) is 1.95. The van der Waals surface area contributed by atoms with Crippen LogP contribution in [0.5, 0.6) is 0 Å². The molecule has 19 heavy (non-hydrogen) atoms. The molecule has 1 unspecified atom stereocenters. The van der Waals surface area contributed by atoms with Gasteiger partial charge in [0.15, 0.2) is 0 Å². The highest BCUT2D eigenvalue weighted by Gasteiger charge is 2.35. The molecule has 1 aromatic rings. The third kappa shape index (κ3) is 4.28. The van der Waals surface area contributed by atoms with E-state index < -0.39 is 11.5 Å². The van der Waals surface area contributed by atoms with Crippen LogP contribution >= 0.6 is 0 Å². The summed E-state index contributed by atoms with van der Waals surface area (Å²) in [7, 11) is 0. The number of carbonyl (C=O) groups is 1. The summed E-state index contributed by atoms with van der Waals surface area (Å²) >= 11 is 0. The smallest absolute Gasteiger partial charge is 0.324 e. The summed E-state index contributed by atoms with van der Waals surface area (Å²) in [6.07, 6.45) is 0.851. The molecule has 0 aliphatic carbocycles. The molecule has 0 amide bonds. The summed E-state index contributed by atoms with van der Waals surface area (Å²) in [5, 5.41) is 15.9. The number of carboxylic acids is 1. The van der Waals surface area contributed by atoms with Crippen molar-refractivity contribution in [2.24, 2.45) is 5.11 Å². The van der Waals surface area contributed by atoms with Crippen molar-refractivity contribution in [2.45, 2.75) is 25.3 Å². The maximum atomic E-state index is 11.6. The van der Waals surface area contributed by atoms with Crippen molar-refractivity contribution < 1.29 is 9.90 Å². The number of nitrogens with zero attached hydrogens (tertiary/aromatic N) is 3. The van der Waals surface area contributed by atoms with Crippen LogP contribution in [0.25, 0.3) is 10.4 Å². The van der Waals surface area contributed by atoms with Crippen LogP contribution in [-0.4, -0.2) is 29.7 Å². The second-order valence-electron chi connectivity index (χ2n) is 4.28. The highest BCUT2D eigenvalue weighted by atomic mass is 16.4.